The maximum absolute atomic E-state index is 13.1. The number of thiol groups is 1. The summed E-state index contributed by atoms with van der Waals surface area (Å²) in [5, 5.41) is 11.0. The van der Waals surface area contributed by atoms with Gasteiger partial charge in [0.15, 0.2) is 28.9 Å². The highest BCUT2D eigenvalue weighted by molar-refractivity contribution is 8.44. The van der Waals surface area contributed by atoms with E-state index in [2.05, 4.69) is 42.2 Å². The minimum atomic E-state index is -4.94. The molecule has 2 aliphatic rings. The van der Waals surface area contributed by atoms with Gasteiger partial charge in [0.25, 0.3) is 5.56 Å². The molecule has 4 aromatic rings. The van der Waals surface area contributed by atoms with E-state index in [4.69, 9.17) is 34.5 Å². The zero-order valence-electron chi connectivity index (χ0n) is 22.3. The van der Waals surface area contributed by atoms with Crippen molar-refractivity contribution in [2.75, 3.05) is 24.7 Å². The Hall–Kier alpha value is -3.01. The van der Waals surface area contributed by atoms with Crippen molar-refractivity contribution in [2.24, 2.45) is 0 Å². The van der Waals surface area contributed by atoms with Gasteiger partial charge in [-0.05, 0) is 12.8 Å². The van der Waals surface area contributed by atoms with Gasteiger partial charge in [-0.3, -0.25) is 32.5 Å². The number of imidazole rings is 2. The van der Waals surface area contributed by atoms with Crippen LogP contribution in [0.4, 0.5) is 11.8 Å². The van der Waals surface area contributed by atoms with E-state index >= 15 is 0 Å². The van der Waals surface area contributed by atoms with E-state index in [1.54, 1.807) is 4.57 Å². The van der Waals surface area contributed by atoms with Gasteiger partial charge >= 0.3 is 14.6 Å². The molecule has 0 spiro atoms. The molecule has 2 saturated heterocycles. The maximum Gasteiger partial charge on any atom is 0.472 e. The predicted molar refractivity (Wildman–Crippen MR) is 151 cm³/mol. The first-order chi connectivity index (χ1) is 20.8. The van der Waals surface area contributed by atoms with E-state index in [-0.39, 0.29) is 29.5 Å². The summed E-state index contributed by atoms with van der Waals surface area (Å²) in [6.07, 6.45) is -2.46. The smallest absolute Gasteiger partial charge is 0.387 e. The number of ether oxygens (including phenoxy) is 2. The van der Waals surface area contributed by atoms with Crippen LogP contribution < -0.4 is 17.0 Å². The average molecular weight is 677 g/mol. The molecular formula is C20H26N10O11P2S. The molecule has 2 aliphatic heterocycles. The molecule has 6 heterocycles. The molecule has 44 heavy (non-hydrogen) atoms. The number of aromatic nitrogens is 8. The Bertz CT molecular complexity index is 1850. The second-order valence-corrected chi connectivity index (χ2v) is 14.0. The van der Waals surface area contributed by atoms with Crippen molar-refractivity contribution >= 4 is 61.0 Å². The third-order valence-electron chi connectivity index (χ3n) is 6.91. The number of nitrogens with one attached hydrogen (secondary N) is 1. The van der Waals surface area contributed by atoms with Crippen LogP contribution in [0.15, 0.2) is 23.8 Å². The number of phosphoric ester groups is 1. The van der Waals surface area contributed by atoms with Gasteiger partial charge in [-0.2, -0.15) is 4.98 Å². The number of aromatic amines is 1. The Morgan fingerprint density at radius 2 is 1.77 bits per heavy atom. The van der Waals surface area contributed by atoms with Crippen LogP contribution in [0.25, 0.3) is 22.3 Å². The van der Waals surface area contributed by atoms with Crippen molar-refractivity contribution in [3.05, 3.63) is 29.3 Å². The van der Waals surface area contributed by atoms with Crippen molar-refractivity contribution < 1.29 is 47.1 Å². The molecule has 0 radical (unpaired) electrons. The zero-order chi connectivity index (χ0) is 31.4. The third-order valence-corrected chi connectivity index (χ3v) is 8.72. The molecule has 0 amide bonds. The standard InChI is InChI=1S/C20H26N10O11P2S/c21-15-11-16(24-5-23-15)29(6-25-11)10-2-1-8(39-10)3-37-42(33,34)41-14-13(31)9(4-38-43(35,36)44)40-19(14)30-7-26-12-17(30)27-20(22)28-18(12)32/h5-10,13-14,19,31H,1-4H2,(H,33,34)(H2,21,23,24)(H2,35,36,44)(H3,22,27,28,32)/t8?,9?,10-,13-,14-,19-/m1/s1. The van der Waals surface area contributed by atoms with E-state index in [0.29, 0.717) is 24.0 Å². The van der Waals surface area contributed by atoms with Crippen LogP contribution in [0.5, 0.6) is 0 Å². The van der Waals surface area contributed by atoms with E-state index in [1.807, 2.05) is 0 Å². The molecule has 0 aromatic carbocycles. The van der Waals surface area contributed by atoms with Crippen molar-refractivity contribution in [3.63, 3.8) is 0 Å². The molecule has 8 N–H and O–H groups in total. The fourth-order valence-electron chi connectivity index (χ4n) is 4.95. The molecule has 4 aromatic heterocycles. The number of fused-ring (bicyclic) bond motifs is 2. The first kappa shape index (κ1) is 31.0. The molecule has 8 atom stereocenters. The number of nitrogens with zero attached hydrogens (tertiary/aromatic N) is 7. The predicted octanol–water partition coefficient (Wildman–Crippen LogP) is -0.391. The fourth-order valence-corrected chi connectivity index (χ4v) is 6.44. The Balaban J connectivity index is 1.17. The Labute approximate surface area is 250 Å². The summed E-state index contributed by atoms with van der Waals surface area (Å²) < 4.78 is 54.5. The number of rotatable bonds is 10. The van der Waals surface area contributed by atoms with Gasteiger partial charge in [0.2, 0.25) is 5.95 Å². The number of hydrogen-bond donors (Lipinski definition) is 7. The van der Waals surface area contributed by atoms with Gasteiger partial charge in [-0.1, -0.05) is 12.2 Å². The Kier molecular flexibility index (Phi) is 8.26. The van der Waals surface area contributed by atoms with Crippen LogP contribution in [-0.2, 0) is 32.2 Å². The SMILES string of the molecule is Nc1nc2c(ncn2[C@@H]2OC(COP(=O)(O)S)[C@@H](O)[C@H]2OP(=O)(O)OCC2CC[C@H](n3cnc4c(N)ncnc43)O2)c(=O)[nH]1. The minimum Gasteiger partial charge on any atom is -0.387 e. The van der Waals surface area contributed by atoms with Crippen LogP contribution in [-0.4, -0.2) is 91.6 Å². The first-order valence-electron chi connectivity index (χ1n) is 12.8. The summed E-state index contributed by atoms with van der Waals surface area (Å²) in [5.74, 6) is -0.0528. The van der Waals surface area contributed by atoms with E-state index < -0.39 is 63.7 Å². The molecule has 0 aliphatic carbocycles. The monoisotopic (exact) mass is 676 g/mol. The summed E-state index contributed by atoms with van der Waals surface area (Å²) in [5.41, 5.74) is 11.4. The van der Waals surface area contributed by atoms with E-state index in [1.165, 1.54) is 12.7 Å². The second-order valence-electron chi connectivity index (χ2n) is 9.82. The lowest BCUT2D eigenvalue weighted by molar-refractivity contribution is -0.0519. The zero-order valence-corrected chi connectivity index (χ0v) is 24.9. The fraction of sp³-hybridized carbons (Fsp3) is 0.500. The van der Waals surface area contributed by atoms with Gasteiger partial charge in [-0.25, -0.2) is 29.1 Å². The molecule has 238 valence electrons. The summed E-state index contributed by atoms with van der Waals surface area (Å²) in [7, 11) is -4.94. The molecule has 21 nitrogen and oxygen atoms in total. The van der Waals surface area contributed by atoms with Gasteiger partial charge in [-0.15, -0.1) is 0 Å². The molecule has 4 unspecified atom stereocenters. The number of hydrogen-bond acceptors (Lipinski definition) is 16. The van der Waals surface area contributed by atoms with Crippen LogP contribution in [0, 0.1) is 0 Å². The lowest BCUT2D eigenvalue weighted by Gasteiger charge is -2.24. The molecule has 0 saturated carbocycles. The van der Waals surface area contributed by atoms with Gasteiger partial charge in [0.05, 0.1) is 32.0 Å². The van der Waals surface area contributed by atoms with Crippen LogP contribution >= 0.6 is 26.9 Å². The number of aliphatic hydroxyl groups excluding tert-OH is 1. The van der Waals surface area contributed by atoms with Gasteiger partial charge < -0.3 is 35.8 Å². The summed E-state index contributed by atoms with van der Waals surface area (Å²) in [4.78, 5) is 54.9. The van der Waals surface area contributed by atoms with Gasteiger partial charge in [0, 0.05) is 0 Å². The highest BCUT2D eigenvalue weighted by Gasteiger charge is 2.50. The lowest BCUT2D eigenvalue weighted by Crippen LogP contribution is -2.35. The quantitative estimate of drug-likeness (QED) is 0.0830. The Morgan fingerprint density at radius 1 is 1.02 bits per heavy atom. The van der Waals surface area contributed by atoms with Crippen molar-refractivity contribution in [3.8, 4) is 0 Å². The number of nitrogens with two attached hydrogens (primary N) is 2. The van der Waals surface area contributed by atoms with Gasteiger partial charge in [0.1, 0.15) is 36.4 Å². The largest absolute Gasteiger partial charge is 0.472 e. The normalized spacial score (nSPS) is 28.5. The highest BCUT2D eigenvalue weighted by atomic mass is 32.7. The maximum atomic E-state index is 13.1. The molecule has 0 bridgehead atoms. The third kappa shape index (κ3) is 6.24. The summed E-state index contributed by atoms with van der Waals surface area (Å²) >= 11 is 3.43. The average Bonchev–Trinajstić information content (AvgIpc) is 3.73. The number of aliphatic hydroxyl groups is 1. The van der Waals surface area contributed by atoms with Crippen molar-refractivity contribution in [1.29, 1.82) is 0 Å². The van der Waals surface area contributed by atoms with Crippen molar-refractivity contribution in [1.82, 2.24) is 39.0 Å². The number of nitrogen functional groups attached to an aromatic ring is 2. The number of anilines is 2. The topological polar surface area (TPSA) is 300 Å². The lowest BCUT2D eigenvalue weighted by atomic mass is 10.1. The summed E-state index contributed by atoms with van der Waals surface area (Å²) in [6.45, 7) is -5.33. The van der Waals surface area contributed by atoms with E-state index in [9.17, 15) is 28.8 Å². The second kappa shape index (κ2) is 11.7. The summed E-state index contributed by atoms with van der Waals surface area (Å²) in [6, 6.07) is 0. The number of phosphoric acid groups is 1. The van der Waals surface area contributed by atoms with Crippen LogP contribution in [0.3, 0.4) is 0 Å². The molecular weight excluding hydrogens is 650 g/mol. The number of H-pyrrole nitrogens is 1. The first-order valence-corrected chi connectivity index (χ1v) is 17.0. The minimum absolute atomic E-state index is 0.0983. The highest BCUT2D eigenvalue weighted by Crippen LogP contribution is 2.51. The van der Waals surface area contributed by atoms with Crippen LogP contribution in [0.2, 0.25) is 0 Å². The van der Waals surface area contributed by atoms with E-state index in [0.717, 1.165) is 10.9 Å². The molecule has 6 rings (SSSR count). The van der Waals surface area contributed by atoms with Crippen molar-refractivity contribution in [2.45, 2.75) is 49.7 Å². The molecule has 24 heteroatoms. The Morgan fingerprint density at radius 3 is 2.55 bits per heavy atom. The molecule has 2 fully saturated rings. The van der Waals surface area contributed by atoms with Crippen LogP contribution in [0.1, 0.15) is 25.3 Å².